The van der Waals surface area contributed by atoms with Crippen molar-refractivity contribution >= 4 is 11.8 Å². The molecule has 138 valence electrons. The summed E-state index contributed by atoms with van der Waals surface area (Å²) >= 11 is 0. The Balaban J connectivity index is 1.51. The molecule has 0 spiro atoms. The number of amides is 2. The number of imide groups is 1. The van der Waals surface area contributed by atoms with Gasteiger partial charge >= 0.3 is 0 Å². The van der Waals surface area contributed by atoms with E-state index in [9.17, 15) is 9.59 Å². The monoisotopic (exact) mass is 355 g/mol. The summed E-state index contributed by atoms with van der Waals surface area (Å²) < 4.78 is 5.50. The van der Waals surface area contributed by atoms with E-state index in [1.54, 1.807) is 0 Å². The van der Waals surface area contributed by atoms with Crippen molar-refractivity contribution in [3.8, 4) is 0 Å². The number of morpholine rings is 1. The van der Waals surface area contributed by atoms with Gasteiger partial charge in [0.15, 0.2) is 0 Å². The fourth-order valence-corrected chi connectivity index (χ4v) is 4.59. The second-order valence-corrected chi connectivity index (χ2v) is 7.53. The maximum absolute atomic E-state index is 13.1. The zero-order chi connectivity index (χ0) is 17.9. The van der Waals surface area contributed by atoms with E-state index in [0.717, 1.165) is 51.1 Å². The Morgan fingerprint density at radius 1 is 1.08 bits per heavy atom. The molecule has 0 radical (unpaired) electrons. The first-order valence-corrected chi connectivity index (χ1v) is 9.75. The van der Waals surface area contributed by atoms with Crippen molar-refractivity contribution in [2.45, 2.75) is 32.2 Å². The van der Waals surface area contributed by atoms with Crippen molar-refractivity contribution in [3.05, 3.63) is 47.7 Å². The van der Waals surface area contributed by atoms with Crippen molar-refractivity contribution in [2.24, 2.45) is 11.8 Å². The van der Waals surface area contributed by atoms with E-state index in [-0.39, 0.29) is 23.7 Å². The number of nitrogens with zero attached hydrogens (tertiary/aromatic N) is 1. The minimum absolute atomic E-state index is 0.0179. The molecule has 2 saturated heterocycles. The van der Waals surface area contributed by atoms with Crippen LogP contribution in [0.25, 0.3) is 0 Å². The normalized spacial score (nSPS) is 27.7. The summed E-state index contributed by atoms with van der Waals surface area (Å²) in [5, 5.41) is 0. The average Bonchev–Trinajstić information content (AvgIpc) is 2.98. The zero-order valence-electron chi connectivity index (χ0n) is 15.2. The van der Waals surface area contributed by atoms with Gasteiger partial charge in [-0.15, -0.1) is 0 Å². The Bertz CT molecular complexity index is 694. The highest BCUT2D eigenvalue weighted by molar-refractivity contribution is 6.03. The molecule has 1 N–H and O–H groups in total. The molecule has 0 unspecified atom stereocenters. The van der Waals surface area contributed by atoms with Gasteiger partial charge in [-0.3, -0.25) is 14.5 Å². The van der Waals surface area contributed by atoms with Crippen LogP contribution >= 0.6 is 0 Å². The molecule has 3 aliphatic rings. The number of carbonyl (C=O) groups excluding carboxylic acids is 2. The summed E-state index contributed by atoms with van der Waals surface area (Å²) in [7, 11) is 0. The first-order chi connectivity index (χ1) is 12.7. The topological polar surface area (TPSA) is 51.1 Å². The molecular weight excluding hydrogens is 328 g/mol. The minimum Gasteiger partial charge on any atom is -0.370 e. The molecule has 2 heterocycles. The summed E-state index contributed by atoms with van der Waals surface area (Å²) in [6.07, 6.45) is 5.89. The second-order valence-electron chi connectivity index (χ2n) is 7.53. The van der Waals surface area contributed by atoms with Gasteiger partial charge in [0.25, 0.3) is 0 Å². The third kappa shape index (κ3) is 3.46. The van der Waals surface area contributed by atoms with E-state index in [4.69, 9.17) is 4.74 Å². The number of allylic oxidation sites excluding steroid dienone is 2. The fourth-order valence-electron chi connectivity index (χ4n) is 4.59. The molecule has 1 aromatic carbocycles. The highest BCUT2D eigenvalue weighted by Gasteiger charge is 2.46. The summed E-state index contributed by atoms with van der Waals surface area (Å²) in [4.78, 5) is 28.6. The fraction of sp³-hybridized carbons (Fsp3) is 0.524. The van der Waals surface area contributed by atoms with Crippen molar-refractivity contribution in [2.75, 3.05) is 26.3 Å². The summed E-state index contributed by atoms with van der Waals surface area (Å²) in [5.41, 5.74) is 2.36. The Labute approximate surface area is 154 Å². The number of hydrogen-bond acceptors (Lipinski definition) is 3. The van der Waals surface area contributed by atoms with E-state index in [1.165, 1.54) is 15.5 Å². The molecule has 2 atom stereocenters. The maximum Gasteiger partial charge on any atom is 0.233 e. The van der Waals surface area contributed by atoms with Crippen LogP contribution < -0.4 is 4.90 Å². The van der Waals surface area contributed by atoms with Crippen LogP contribution in [0.3, 0.4) is 0 Å². The van der Waals surface area contributed by atoms with Crippen molar-refractivity contribution in [1.29, 1.82) is 0 Å². The third-order valence-corrected chi connectivity index (χ3v) is 5.94. The standard InChI is InChI=1S/C21H26N2O3/c24-20-14-18(21(25)23(20)15-16-6-2-1-3-7-16)17-8-4-5-9-19(17)22-10-12-26-13-11-22/h1-3,6-7,9,17-18H,4-5,8,10-15H2/p+1/t17-,18-/m0/s1. The van der Waals surface area contributed by atoms with Gasteiger partial charge < -0.3 is 9.64 Å². The van der Waals surface area contributed by atoms with Crippen molar-refractivity contribution < 1.29 is 19.2 Å². The van der Waals surface area contributed by atoms with Crippen LogP contribution in [0.2, 0.25) is 0 Å². The van der Waals surface area contributed by atoms with Gasteiger partial charge in [-0.2, -0.15) is 0 Å². The molecule has 1 aromatic rings. The second kappa shape index (κ2) is 7.72. The van der Waals surface area contributed by atoms with Gasteiger partial charge in [0.05, 0.1) is 25.7 Å². The maximum atomic E-state index is 13.1. The number of benzene rings is 1. The number of nitrogens with one attached hydrogen (secondary N) is 1. The lowest BCUT2D eigenvalue weighted by Gasteiger charge is -2.34. The summed E-state index contributed by atoms with van der Waals surface area (Å²) in [6.45, 7) is 3.87. The first-order valence-electron chi connectivity index (χ1n) is 9.75. The number of hydrogen-bond donors (Lipinski definition) is 1. The quantitative estimate of drug-likeness (QED) is 0.825. The molecule has 5 heteroatoms. The highest BCUT2D eigenvalue weighted by atomic mass is 16.5. The molecule has 4 rings (SSSR count). The molecule has 26 heavy (non-hydrogen) atoms. The number of rotatable bonds is 4. The molecule has 5 nitrogen and oxygen atoms in total. The smallest absolute Gasteiger partial charge is 0.233 e. The van der Waals surface area contributed by atoms with Gasteiger partial charge in [0, 0.05) is 12.3 Å². The highest BCUT2D eigenvalue weighted by Crippen LogP contribution is 2.36. The molecule has 2 amide bonds. The molecular formula is C21H27N2O3+. The Morgan fingerprint density at radius 2 is 1.85 bits per heavy atom. The predicted octanol–water partition coefficient (Wildman–Crippen LogP) is 1.16. The van der Waals surface area contributed by atoms with E-state index in [1.807, 2.05) is 30.3 Å². The van der Waals surface area contributed by atoms with Gasteiger partial charge in [0.2, 0.25) is 11.8 Å². The zero-order valence-corrected chi connectivity index (χ0v) is 15.2. The van der Waals surface area contributed by atoms with E-state index >= 15 is 0 Å². The largest absolute Gasteiger partial charge is 0.370 e. The van der Waals surface area contributed by atoms with E-state index in [2.05, 4.69) is 6.08 Å². The van der Waals surface area contributed by atoms with Crippen LogP contribution in [0.1, 0.15) is 31.2 Å². The molecule has 0 saturated carbocycles. The van der Waals surface area contributed by atoms with E-state index in [0.29, 0.717) is 13.0 Å². The van der Waals surface area contributed by atoms with Crippen molar-refractivity contribution in [3.63, 3.8) is 0 Å². The van der Waals surface area contributed by atoms with Crippen LogP contribution in [0.4, 0.5) is 0 Å². The Hall–Kier alpha value is -1.98. The van der Waals surface area contributed by atoms with Crippen LogP contribution in [-0.4, -0.2) is 43.0 Å². The molecule has 0 aromatic heterocycles. The number of carbonyl (C=O) groups is 2. The minimum atomic E-state index is -0.187. The summed E-state index contributed by atoms with van der Waals surface area (Å²) in [6, 6.07) is 9.78. The van der Waals surface area contributed by atoms with Crippen LogP contribution in [0.15, 0.2) is 42.1 Å². The van der Waals surface area contributed by atoms with Gasteiger partial charge in [-0.05, 0) is 30.9 Å². The lowest BCUT2D eigenvalue weighted by molar-refractivity contribution is -0.874. The van der Waals surface area contributed by atoms with Crippen LogP contribution in [-0.2, 0) is 20.9 Å². The molecule has 1 aliphatic carbocycles. The molecule has 2 fully saturated rings. The van der Waals surface area contributed by atoms with E-state index < -0.39 is 0 Å². The first kappa shape index (κ1) is 17.4. The number of ether oxygens (including phenoxy) is 1. The van der Waals surface area contributed by atoms with Gasteiger partial charge in [0.1, 0.15) is 18.8 Å². The van der Waals surface area contributed by atoms with Crippen LogP contribution in [0, 0.1) is 11.8 Å². The van der Waals surface area contributed by atoms with Crippen molar-refractivity contribution in [1.82, 2.24) is 4.90 Å². The number of likely N-dealkylation sites (tertiary alicyclic amines) is 1. The Morgan fingerprint density at radius 3 is 2.62 bits per heavy atom. The molecule has 2 aliphatic heterocycles. The predicted molar refractivity (Wildman–Crippen MR) is 97.0 cm³/mol. The lowest BCUT2D eigenvalue weighted by Crippen LogP contribution is -3.13. The SMILES string of the molecule is O=C1C[C@@H]([C@@H]2CCCC=C2[NH+]2CCOCC2)C(=O)N1Cc1ccccc1. The van der Waals surface area contributed by atoms with Gasteiger partial charge in [-0.25, -0.2) is 0 Å². The Kier molecular flexibility index (Phi) is 5.18. The summed E-state index contributed by atoms with van der Waals surface area (Å²) in [5.74, 6) is 0.0113. The van der Waals surface area contributed by atoms with Gasteiger partial charge in [-0.1, -0.05) is 30.3 Å². The molecule has 0 bridgehead atoms. The number of quaternary nitrogens is 1. The average molecular weight is 355 g/mol. The third-order valence-electron chi connectivity index (χ3n) is 5.94. The lowest BCUT2D eigenvalue weighted by atomic mass is 9.80. The van der Waals surface area contributed by atoms with Crippen LogP contribution in [0.5, 0.6) is 0 Å².